The molecule has 5 nitrogen and oxygen atoms in total. The largest absolute Gasteiger partial charge is 0.416 e. The number of nitrogens with one attached hydrogen (secondary N) is 2. The van der Waals surface area contributed by atoms with Crippen molar-refractivity contribution >= 4 is 11.5 Å². The maximum absolute atomic E-state index is 13.1. The van der Waals surface area contributed by atoms with E-state index in [0.29, 0.717) is 17.7 Å². The summed E-state index contributed by atoms with van der Waals surface area (Å²) < 4.78 is 39.4. The molecule has 1 aromatic carbocycles. The minimum absolute atomic E-state index is 0.147. The molecule has 1 amide bonds. The second-order valence-electron chi connectivity index (χ2n) is 5.85. The molecular weight excluding hydrogens is 335 g/mol. The summed E-state index contributed by atoms with van der Waals surface area (Å²) in [6, 6.07) is 5.43. The number of alkyl halides is 3. The number of nitrogens with zero attached hydrogens (tertiary/aromatic N) is 1. The van der Waals surface area contributed by atoms with E-state index in [1.54, 1.807) is 19.1 Å². The highest BCUT2D eigenvalue weighted by atomic mass is 19.4. The number of aromatic nitrogens is 2. The lowest BCUT2D eigenvalue weighted by Crippen LogP contribution is -2.35. The highest BCUT2D eigenvalue weighted by Crippen LogP contribution is 2.36. The standard InChI is InChI=1S/C17H16F3N3O2/c1-10-14(22-16(25)21-10)15(24)23-8-6-11(7-9-23)12-4-2-3-5-13(12)17(18,19)20/h2-6H,7-9H2,1H3,(H2,21,22,25). The number of rotatable bonds is 2. The van der Waals surface area contributed by atoms with Crippen LogP contribution in [-0.4, -0.2) is 33.9 Å². The molecule has 2 N–H and O–H groups in total. The number of imidazole rings is 1. The Morgan fingerprint density at radius 1 is 1.20 bits per heavy atom. The van der Waals surface area contributed by atoms with Crippen molar-refractivity contribution in [3.8, 4) is 0 Å². The second kappa shape index (κ2) is 6.27. The van der Waals surface area contributed by atoms with Crippen molar-refractivity contribution in [3.05, 3.63) is 63.3 Å². The molecule has 132 valence electrons. The Kier molecular flexibility index (Phi) is 4.28. The summed E-state index contributed by atoms with van der Waals surface area (Å²) in [5.41, 5.74) is 0.189. The van der Waals surface area contributed by atoms with Gasteiger partial charge in [0.05, 0.1) is 5.56 Å². The van der Waals surface area contributed by atoms with Crippen LogP contribution in [0.25, 0.3) is 5.57 Å². The van der Waals surface area contributed by atoms with E-state index in [1.807, 2.05) is 0 Å². The summed E-state index contributed by atoms with van der Waals surface area (Å²) >= 11 is 0. The fourth-order valence-electron chi connectivity index (χ4n) is 2.95. The summed E-state index contributed by atoms with van der Waals surface area (Å²) in [6.45, 7) is 2.08. The molecule has 0 fully saturated rings. The summed E-state index contributed by atoms with van der Waals surface area (Å²) in [4.78, 5) is 30.1. The molecule has 8 heteroatoms. The van der Waals surface area contributed by atoms with Gasteiger partial charge in [-0.1, -0.05) is 24.3 Å². The van der Waals surface area contributed by atoms with Crippen LogP contribution >= 0.6 is 0 Å². The molecular formula is C17H16F3N3O2. The third-order valence-corrected chi connectivity index (χ3v) is 4.20. The zero-order valence-electron chi connectivity index (χ0n) is 13.4. The molecule has 1 aliphatic heterocycles. The van der Waals surface area contributed by atoms with Crippen molar-refractivity contribution in [1.82, 2.24) is 14.9 Å². The molecule has 0 saturated heterocycles. The first kappa shape index (κ1) is 17.1. The Balaban J connectivity index is 1.83. The molecule has 0 radical (unpaired) electrons. The molecule has 1 aliphatic rings. The molecule has 0 aliphatic carbocycles. The molecule has 0 bridgehead atoms. The molecule has 2 aromatic rings. The van der Waals surface area contributed by atoms with Crippen molar-refractivity contribution in [2.24, 2.45) is 0 Å². The Morgan fingerprint density at radius 3 is 2.48 bits per heavy atom. The van der Waals surface area contributed by atoms with Gasteiger partial charge in [-0.2, -0.15) is 13.2 Å². The number of benzene rings is 1. The van der Waals surface area contributed by atoms with Gasteiger partial charge in [0.1, 0.15) is 5.69 Å². The normalized spacial score (nSPS) is 15.2. The SMILES string of the molecule is Cc1[nH]c(=O)[nH]c1C(=O)N1CC=C(c2ccccc2C(F)(F)F)CC1. The van der Waals surface area contributed by atoms with Crippen molar-refractivity contribution in [2.45, 2.75) is 19.5 Å². The summed E-state index contributed by atoms with van der Waals surface area (Å²) in [5, 5.41) is 0. The van der Waals surface area contributed by atoms with Gasteiger partial charge in [0.2, 0.25) is 0 Å². The third kappa shape index (κ3) is 3.38. The van der Waals surface area contributed by atoms with Crippen LogP contribution in [0.5, 0.6) is 0 Å². The number of amides is 1. The summed E-state index contributed by atoms with van der Waals surface area (Å²) in [7, 11) is 0. The van der Waals surface area contributed by atoms with Gasteiger partial charge >= 0.3 is 11.9 Å². The fourth-order valence-corrected chi connectivity index (χ4v) is 2.95. The Bertz CT molecular complexity index is 893. The second-order valence-corrected chi connectivity index (χ2v) is 5.85. The van der Waals surface area contributed by atoms with Crippen LogP contribution in [-0.2, 0) is 6.18 Å². The van der Waals surface area contributed by atoms with Crippen LogP contribution < -0.4 is 5.69 Å². The molecule has 0 saturated carbocycles. The Morgan fingerprint density at radius 2 is 1.92 bits per heavy atom. The van der Waals surface area contributed by atoms with Gasteiger partial charge in [0.25, 0.3) is 5.91 Å². The molecule has 0 atom stereocenters. The van der Waals surface area contributed by atoms with E-state index in [-0.39, 0.29) is 30.3 Å². The number of halogens is 3. The number of aryl methyl sites for hydroxylation is 1. The first-order valence-corrected chi connectivity index (χ1v) is 7.71. The van der Waals surface area contributed by atoms with Gasteiger partial charge in [-0.15, -0.1) is 0 Å². The van der Waals surface area contributed by atoms with Crippen LogP contribution in [0.3, 0.4) is 0 Å². The van der Waals surface area contributed by atoms with Gasteiger partial charge in [0.15, 0.2) is 0 Å². The topological polar surface area (TPSA) is 69.0 Å². The molecule has 0 spiro atoms. The molecule has 1 aromatic heterocycles. The quantitative estimate of drug-likeness (QED) is 0.873. The third-order valence-electron chi connectivity index (χ3n) is 4.20. The maximum Gasteiger partial charge on any atom is 0.416 e. The van der Waals surface area contributed by atoms with E-state index in [2.05, 4.69) is 9.97 Å². The average Bonchev–Trinajstić information content (AvgIpc) is 2.92. The van der Waals surface area contributed by atoms with Crippen LogP contribution in [0.15, 0.2) is 35.1 Å². The zero-order chi connectivity index (χ0) is 18.2. The molecule has 3 rings (SSSR count). The highest BCUT2D eigenvalue weighted by Gasteiger charge is 2.34. The summed E-state index contributed by atoms with van der Waals surface area (Å²) in [5.74, 6) is -0.352. The molecule has 0 unspecified atom stereocenters. The molecule has 25 heavy (non-hydrogen) atoms. The first-order valence-electron chi connectivity index (χ1n) is 7.71. The van der Waals surface area contributed by atoms with Gasteiger partial charge in [0, 0.05) is 18.8 Å². The zero-order valence-corrected chi connectivity index (χ0v) is 13.4. The maximum atomic E-state index is 13.1. The lowest BCUT2D eigenvalue weighted by atomic mass is 9.94. The van der Waals surface area contributed by atoms with Gasteiger partial charge in [-0.3, -0.25) is 4.79 Å². The number of aromatic amines is 2. The number of hydrogen-bond donors (Lipinski definition) is 2. The van der Waals surface area contributed by atoms with Gasteiger partial charge in [-0.05, 0) is 30.5 Å². The van der Waals surface area contributed by atoms with Crippen LogP contribution in [0, 0.1) is 6.92 Å². The van der Waals surface area contributed by atoms with Crippen LogP contribution in [0.4, 0.5) is 13.2 Å². The number of carbonyl (C=O) groups excluding carboxylic acids is 1. The van der Waals surface area contributed by atoms with E-state index in [0.717, 1.165) is 6.07 Å². The van der Waals surface area contributed by atoms with E-state index in [4.69, 9.17) is 0 Å². The monoisotopic (exact) mass is 351 g/mol. The van der Waals surface area contributed by atoms with Crippen molar-refractivity contribution < 1.29 is 18.0 Å². The van der Waals surface area contributed by atoms with E-state index < -0.39 is 17.4 Å². The van der Waals surface area contributed by atoms with Crippen molar-refractivity contribution in [3.63, 3.8) is 0 Å². The fraction of sp³-hybridized carbons (Fsp3) is 0.294. The number of H-pyrrole nitrogens is 2. The van der Waals surface area contributed by atoms with Crippen molar-refractivity contribution in [2.75, 3.05) is 13.1 Å². The Labute approximate surface area is 141 Å². The lowest BCUT2D eigenvalue weighted by molar-refractivity contribution is -0.137. The van der Waals surface area contributed by atoms with Crippen LogP contribution in [0.1, 0.15) is 33.7 Å². The predicted molar refractivity (Wildman–Crippen MR) is 86.1 cm³/mol. The van der Waals surface area contributed by atoms with E-state index in [1.165, 1.54) is 17.0 Å². The minimum atomic E-state index is -4.42. The van der Waals surface area contributed by atoms with Crippen LogP contribution in [0.2, 0.25) is 0 Å². The summed E-state index contributed by atoms with van der Waals surface area (Å²) in [6.07, 6.45) is -2.48. The smallest absolute Gasteiger partial charge is 0.333 e. The minimum Gasteiger partial charge on any atom is -0.333 e. The van der Waals surface area contributed by atoms with E-state index in [9.17, 15) is 22.8 Å². The lowest BCUT2D eigenvalue weighted by Gasteiger charge is -2.27. The number of carbonyl (C=O) groups is 1. The van der Waals surface area contributed by atoms with Gasteiger partial charge < -0.3 is 14.9 Å². The van der Waals surface area contributed by atoms with E-state index >= 15 is 0 Å². The predicted octanol–water partition coefficient (Wildman–Crippen LogP) is 2.96. The highest BCUT2D eigenvalue weighted by molar-refractivity contribution is 5.94. The molecule has 2 heterocycles. The van der Waals surface area contributed by atoms with Gasteiger partial charge in [-0.25, -0.2) is 4.79 Å². The first-order chi connectivity index (χ1) is 11.8. The number of hydrogen-bond acceptors (Lipinski definition) is 2. The Hall–Kier alpha value is -2.77. The van der Waals surface area contributed by atoms with Crippen molar-refractivity contribution in [1.29, 1.82) is 0 Å². The average molecular weight is 351 g/mol.